The molecule has 0 heterocycles. The van der Waals surface area contributed by atoms with Gasteiger partial charge in [0.15, 0.2) is 0 Å². The summed E-state index contributed by atoms with van der Waals surface area (Å²) in [4.78, 5) is 44.2. The van der Waals surface area contributed by atoms with Crippen LogP contribution in [0.2, 0.25) is 0 Å². The monoisotopic (exact) mass is 438 g/mol. The van der Waals surface area contributed by atoms with Crippen LogP contribution >= 0.6 is 0 Å². The van der Waals surface area contributed by atoms with Gasteiger partial charge in [-0.2, -0.15) is 8.42 Å². The summed E-state index contributed by atoms with van der Waals surface area (Å²) in [5, 5.41) is 21.4. The fourth-order valence-electron chi connectivity index (χ4n) is 2.22. The van der Waals surface area contributed by atoms with E-state index in [-0.39, 0.29) is 23.5 Å². The van der Waals surface area contributed by atoms with Gasteiger partial charge in [0.2, 0.25) is 11.9 Å². The topological polar surface area (TPSA) is 173 Å². The van der Waals surface area contributed by atoms with Crippen molar-refractivity contribution in [1.82, 2.24) is 0 Å². The van der Waals surface area contributed by atoms with Gasteiger partial charge in [-0.25, -0.2) is 8.98 Å². The Balaban J connectivity index is 2.36. The fourth-order valence-corrected chi connectivity index (χ4v) is 3.22. The Labute approximate surface area is 169 Å². The highest BCUT2D eigenvalue weighted by Gasteiger charge is 2.36. The molecule has 0 spiro atoms. The fraction of sp³-hybridized carbons (Fsp3) is 0.176. The second-order valence-corrected chi connectivity index (χ2v) is 7.17. The van der Waals surface area contributed by atoms with E-state index < -0.39 is 42.7 Å². The second kappa shape index (κ2) is 9.19. The van der Waals surface area contributed by atoms with Gasteiger partial charge < -0.3 is 4.74 Å². The van der Waals surface area contributed by atoms with Crippen LogP contribution in [0, 0.1) is 20.2 Å². The third-order valence-electron chi connectivity index (χ3n) is 3.66. The number of hydrogen-bond donors (Lipinski definition) is 0. The highest BCUT2D eigenvalue weighted by atomic mass is 32.2. The molecule has 0 amide bonds. The lowest BCUT2D eigenvalue weighted by molar-refractivity contribution is -0.385. The predicted molar refractivity (Wildman–Crippen MR) is 99.2 cm³/mol. The molecule has 0 aliphatic rings. The summed E-state index contributed by atoms with van der Waals surface area (Å²) < 4.78 is 34.4. The molecule has 0 aliphatic heterocycles. The molecule has 2 aromatic carbocycles. The van der Waals surface area contributed by atoms with Crippen LogP contribution < -0.4 is 0 Å². The lowest BCUT2D eigenvalue weighted by Crippen LogP contribution is -2.36. The average Bonchev–Trinajstić information content (AvgIpc) is 2.71. The highest BCUT2D eigenvalue weighted by molar-refractivity contribution is 7.86. The minimum atomic E-state index is -4.69. The number of carbonyl (C=O) groups is 2. The van der Waals surface area contributed by atoms with Gasteiger partial charge in [-0.05, 0) is 31.2 Å². The van der Waals surface area contributed by atoms with E-state index >= 15 is 0 Å². The summed E-state index contributed by atoms with van der Waals surface area (Å²) in [6, 6.07) is 7.66. The SMILES string of the molecule is CCOC(=O)C(OS(=O)(=O)c1ccc([N+](=O)[O-])cc1)C(=O)c1ccc([N+](=O)[O-])cc1. The number of hydrogen-bond acceptors (Lipinski definition) is 10. The van der Waals surface area contributed by atoms with Crippen molar-refractivity contribution in [1.29, 1.82) is 0 Å². The minimum Gasteiger partial charge on any atom is -0.464 e. The first-order chi connectivity index (χ1) is 14.1. The van der Waals surface area contributed by atoms with E-state index in [4.69, 9.17) is 8.92 Å². The summed E-state index contributed by atoms with van der Waals surface area (Å²) >= 11 is 0. The van der Waals surface area contributed by atoms with E-state index in [1.165, 1.54) is 6.92 Å². The van der Waals surface area contributed by atoms with Gasteiger partial charge in [0.05, 0.1) is 21.3 Å². The summed E-state index contributed by atoms with van der Waals surface area (Å²) in [6.45, 7) is 1.25. The van der Waals surface area contributed by atoms with Crippen molar-refractivity contribution in [2.75, 3.05) is 6.61 Å². The molecular weight excluding hydrogens is 424 g/mol. The quantitative estimate of drug-likeness (QED) is 0.141. The smallest absolute Gasteiger partial charge is 0.345 e. The number of nitro benzene ring substituents is 2. The molecule has 0 aromatic heterocycles. The van der Waals surface area contributed by atoms with Crippen LogP contribution in [-0.2, 0) is 23.8 Å². The minimum absolute atomic E-state index is 0.177. The maximum atomic E-state index is 12.6. The molecule has 0 radical (unpaired) electrons. The van der Waals surface area contributed by atoms with Gasteiger partial charge in [-0.1, -0.05) is 0 Å². The number of ketones is 1. The second-order valence-electron chi connectivity index (χ2n) is 5.60. The molecular formula is C17H14N2O10S. The number of benzene rings is 2. The van der Waals surface area contributed by atoms with E-state index in [0.29, 0.717) is 0 Å². The third kappa shape index (κ3) is 5.21. The predicted octanol–water partition coefficient (Wildman–Crippen LogP) is 2.02. The van der Waals surface area contributed by atoms with Gasteiger partial charge in [0, 0.05) is 29.8 Å². The summed E-state index contributed by atoms with van der Waals surface area (Å²) in [5.41, 5.74) is -0.922. The lowest BCUT2D eigenvalue weighted by atomic mass is 10.1. The largest absolute Gasteiger partial charge is 0.464 e. The molecule has 30 heavy (non-hydrogen) atoms. The number of ether oxygens (including phenoxy) is 1. The standard InChI is InChI=1S/C17H14N2O10S/c1-2-28-17(21)16(15(20)11-3-5-12(6-4-11)18(22)23)29-30(26,27)14-9-7-13(8-10-14)19(24)25/h3-10,16H,2H2,1H3. The van der Waals surface area contributed by atoms with Gasteiger partial charge in [-0.3, -0.25) is 25.0 Å². The molecule has 12 nitrogen and oxygen atoms in total. The van der Waals surface area contributed by atoms with Gasteiger partial charge in [-0.15, -0.1) is 0 Å². The van der Waals surface area contributed by atoms with Crippen LogP contribution in [0.1, 0.15) is 17.3 Å². The molecule has 158 valence electrons. The number of nitro groups is 2. The zero-order valence-electron chi connectivity index (χ0n) is 15.3. The Hall–Kier alpha value is -3.71. The normalized spacial score (nSPS) is 12.0. The summed E-state index contributed by atoms with van der Waals surface area (Å²) in [6.07, 6.45) is -2.22. The third-order valence-corrected chi connectivity index (χ3v) is 4.96. The van der Waals surface area contributed by atoms with Crippen LogP contribution in [0.4, 0.5) is 11.4 Å². The molecule has 0 fully saturated rings. The number of esters is 1. The van der Waals surface area contributed by atoms with Crippen LogP contribution in [0.3, 0.4) is 0 Å². The van der Waals surface area contributed by atoms with Crippen molar-refractivity contribution in [3.05, 3.63) is 74.3 Å². The Morgan fingerprint density at radius 1 is 0.933 bits per heavy atom. The van der Waals surface area contributed by atoms with Crippen molar-refractivity contribution in [3.63, 3.8) is 0 Å². The molecule has 0 N–H and O–H groups in total. The van der Waals surface area contributed by atoms with Crippen LogP contribution in [0.25, 0.3) is 0 Å². The van der Waals surface area contributed by atoms with Crippen molar-refractivity contribution in [2.45, 2.75) is 17.9 Å². The van der Waals surface area contributed by atoms with E-state index in [1.54, 1.807) is 0 Å². The maximum Gasteiger partial charge on any atom is 0.345 e. The Bertz CT molecular complexity index is 1080. The van der Waals surface area contributed by atoms with Crippen molar-refractivity contribution in [2.24, 2.45) is 0 Å². The molecule has 13 heteroatoms. The summed E-state index contributed by atoms with van der Waals surface area (Å²) in [5.74, 6) is -2.39. The molecule has 1 unspecified atom stereocenters. The molecule has 2 aromatic rings. The Morgan fingerprint density at radius 3 is 1.83 bits per heavy atom. The number of non-ortho nitro benzene ring substituents is 2. The van der Waals surface area contributed by atoms with Gasteiger partial charge >= 0.3 is 5.97 Å². The molecule has 2 rings (SSSR count). The van der Waals surface area contributed by atoms with Gasteiger partial charge in [0.1, 0.15) is 0 Å². The zero-order valence-corrected chi connectivity index (χ0v) is 16.1. The molecule has 0 saturated heterocycles. The lowest BCUT2D eigenvalue weighted by Gasteiger charge is -2.15. The van der Waals surface area contributed by atoms with E-state index in [2.05, 4.69) is 0 Å². The molecule has 1 atom stereocenters. The number of nitrogens with zero attached hydrogens (tertiary/aromatic N) is 2. The van der Waals surface area contributed by atoms with Crippen molar-refractivity contribution in [3.8, 4) is 0 Å². The molecule has 0 aliphatic carbocycles. The van der Waals surface area contributed by atoms with Crippen LogP contribution in [0.15, 0.2) is 53.4 Å². The maximum absolute atomic E-state index is 12.6. The highest BCUT2D eigenvalue weighted by Crippen LogP contribution is 2.21. The first-order valence-corrected chi connectivity index (χ1v) is 9.60. The first-order valence-electron chi connectivity index (χ1n) is 8.20. The van der Waals surface area contributed by atoms with Crippen molar-refractivity contribution < 1.29 is 36.8 Å². The van der Waals surface area contributed by atoms with E-state index in [0.717, 1.165) is 48.5 Å². The van der Waals surface area contributed by atoms with Gasteiger partial charge in [0.25, 0.3) is 21.5 Å². The average molecular weight is 438 g/mol. The van der Waals surface area contributed by atoms with E-state index in [9.17, 15) is 38.2 Å². The van der Waals surface area contributed by atoms with Crippen molar-refractivity contribution >= 4 is 33.2 Å². The van der Waals surface area contributed by atoms with Crippen LogP contribution in [-0.4, -0.2) is 42.7 Å². The number of rotatable bonds is 9. The Kier molecular flexibility index (Phi) is 6.92. The number of carbonyl (C=O) groups excluding carboxylic acids is 2. The number of Topliss-reactive ketones (excluding diaryl/α,β-unsaturated/α-hetero) is 1. The first kappa shape index (κ1) is 22.6. The Morgan fingerprint density at radius 2 is 1.40 bits per heavy atom. The van der Waals surface area contributed by atoms with Crippen LogP contribution in [0.5, 0.6) is 0 Å². The van der Waals surface area contributed by atoms with E-state index in [1.807, 2.05) is 0 Å². The molecule has 0 saturated carbocycles. The zero-order chi connectivity index (χ0) is 22.5. The summed E-state index contributed by atoms with van der Waals surface area (Å²) in [7, 11) is -4.69. The molecule has 0 bridgehead atoms.